The molecule has 0 amide bonds. The van der Waals surface area contributed by atoms with E-state index in [1.807, 2.05) is 0 Å². The van der Waals surface area contributed by atoms with E-state index in [4.69, 9.17) is 4.74 Å². The minimum absolute atomic E-state index is 0.443. The van der Waals surface area contributed by atoms with Gasteiger partial charge in [-0.1, -0.05) is 49.4 Å². The molecule has 2 nitrogen and oxygen atoms in total. The molecule has 0 aliphatic heterocycles. The van der Waals surface area contributed by atoms with Crippen LogP contribution in [0, 0.1) is 0 Å². The average molecular weight is 271 g/mol. The molecule has 0 aromatic heterocycles. The standard InChI is InChI=1S/C18H25NO/c1-3-13-19-17(14-20-2)12-11-16-9-6-8-15-7-4-5-10-18(15)16/h4-10,17,19H,3,11-14H2,1-2H3. The van der Waals surface area contributed by atoms with Crippen molar-refractivity contribution in [1.29, 1.82) is 0 Å². The van der Waals surface area contributed by atoms with Crippen LogP contribution < -0.4 is 5.32 Å². The van der Waals surface area contributed by atoms with Gasteiger partial charge in [0.05, 0.1) is 6.61 Å². The number of ether oxygens (including phenoxy) is 1. The summed E-state index contributed by atoms with van der Waals surface area (Å²) >= 11 is 0. The van der Waals surface area contributed by atoms with Gasteiger partial charge in [0, 0.05) is 13.2 Å². The maximum absolute atomic E-state index is 5.31. The lowest BCUT2D eigenvalue weighted by Crippen LogP contribution is -2.34. The summed E-state index contributed by atoms with van der Waals surface area (Å²) in [5.41, 5.74) is 1.43. The average Bonchev–Trinajstić information content (AvgIpc) is 2.50. The summed E-state index contributed by atoms with van der Waals surface area (Å²) in [6.07, 6.45) is 3.36. The number of rotatable bonds is 8. The van der Waals surface area contributed by atoms with Crippen molar-refractivity contribution in [1.82, 2.24) is 5.32 Å². The quantitative estimate of drug-likeness (QED) is 0.789. The van der Waals surface area contributed by atoms with E-state index < -0.39 is 0 Å². The number of nitrogens with one attached hydrogen (secondary N) is 1. The second kappa shape index (κ2) is 8.03. The Balaban J connectivity index is 2.03. The Labute approximate surface area is 122 Å². The minimum atomic E-state index is 0.443. The molecular weight excluding hydrogens is 246 g/mol. The fraction of sp³-hybridized carbons (Fsp3) is 0.444. The van der Waals surface area contributed by atoms with Crippen LogP contribution in [0.5, 0.6) is 0 Å². The lowest BCUT2D eigenvalue weighted by Gasteiger charge is -2.18. The van der Waals surface area contributed by atoms with E-state index in [9.17, 15) is 0 Å². The van der Waals surface area contributed by atoms with Crippen LogP contribution in [0.4, 0.5) is 0 Å². The highest BCUT2D eigenvalue weighted by Gasteiger charge is 2.08. The Bertz CT molecular complexity index is 518. The van der Waals surface area contributed by atoms with E-state index in [-0.39, 0.29) is 0 Å². The summed E-state index contributed by atoms with van der Waals surface area (Å²) in [6.45, 7) is 4.04. The largest absolute Gasteiger partial charge is 0.383 e. The van der Waals surface area contributed by atoms with E-state index in [1.165, 1.54) is 16.3 Å². The third-order valence-electron chi connectivity index (χ3n) is 3.69. The first-order valence-electron chi connectivity index (χ1n) is 7.54. The molecule has 0 radical (unpaired) electrons. The molecule has 2 aromatic rings. The lowest BCUT2D eigenvalue weighted by atomic mass is 9.99. The highest BCUT2D eigenvalue weighted by Crippen LogP contribution is 2.20. The molecule has 1 N–H and O–H groups in total. The van der Waals surface area contributed by atoms with Crippen molar-refractivity contribution >= 4 is 10.8 Å². The first-order valence-corrected chi connectivity index (χ1v) is 7.54. The Morgan fingerprint density at radius 1 is 1.10 bits per heavy atom. The van der Waals surface area contributed by atoms with Crippen LogP contribution >= 0.6 is 0 Å². The fourth-order valence-electron chi connectivity index (χ4n) is 2.63. The molecule has 0 aliphatic carbocycles. The Hall–Kier alpha value is -1.38. The molecule has 1 atom stereocenters. The monoisotopic (exact) mass is 271 g/mol. The van der Waals surface area contributed by atoms with E-state index in [0.717, 1.165) is 32.4 Å². The van der Waals surface area contributed by atoms with Gasteiger partial charge in [-0.05, 0) is 42.1 Å². The molecule has 20 heavy (non-hydrogen) atoms. The maximum atomic E-state index is 5.31. The highest BCUT2D eigenvalue weighted by molar-refractivity contribution is 5.85. The van der Waals surface area contributed by atoms with E-state index in [1.54, 1.807) is 7.11 Å². The SMILES string of the molecule is CCCNC(CCc1cccc2ccccc12)COC. The van der Waals surface area contributed by atoms with Gasteiger partial charge in [-0.3, -0.25) is 0 Å². The van der Waals surface area contributed by atoms with Crippen molar-refractivity contribution < 1.29 is 4.74 Å². The molecule has 0 aliphatic rings. The van der Waals surface area contributed by atoms with Crippen molar-refractivity contribution in [3.05, 3.63) is 48.0 Å². The van der Waals surface area contributed by atoms with Crippen molar-refractivity contribution in [2.24, 2.45) is 0 Å². The van der Waals surface area contributed by atoms with Gasteiger partial charge >= 0.3 is 0 Å². The maximum Gasteiger partial charge on any atom is 0.0615 e. The Kier molecular flexibility index (Phi) is 6.03. The third-order valence-corrected chi connectivity index (χ3v) is 3.69. The number of benzene rings is 2. The Morgan fingerprint density at radius 3 is 2.70 bits per heavy atom. The second-order valence-corrected chi connectivity index (χ2v) is 5.28. The van der Waals surface area contributed by atoms with Crippen LogP contribution in [0.2, 0.25) is 0 Å². The number of aryl methyl sites for hydroxylation is 1. The van der Waals surface area contributed by atoms with E-state index in [0.29, 0.717) is 6.04 Å². The molecule has 0 fully saturated rings. The zero-order valence-corrected chi connectivity index (χ0v) is 12.6. The summed E-state index contributed by atoms with van der Waals surface area (Å²) < 4.78 is 5.31. The predicted octanol–water partition coefficient (Wildman–Crippen LogP) is 3.79. The summed E-state index contributed by atoms with van der Waals surface area (Å²) in [6, 6.07) is 15.6. The van der Waals surface area contributed by atoms with Gasteiger partial charge in [0.2, 0.25) is 0 Å². The normalized spacial score (nSPS) is 12.7. The predicted molar refractivity (Wildman–Crippen MR) is 86.2 cm³/mol. The van der Waals surface area contributed by atoms with Gasteiger partial charge in [0.1, 0.15) is 0 Å². The van der Waals surface area contributed by atoms with Gasteiger partial charge in [-0.15, -0.1) is 0 Å². The van der Waals surface area contributed by atoms with Crippen LogP contribution in [-0.2, 0) is 11.2 Å². The first kappa shape index (κ1) is 15.0. The number of methoxy groups -OCH3 is 1. The highest BCUT2D eigenvalue weighted by atomic mass is 16.5. The Morgan fingerprint density at radius 2 is 1.90 bits per heavy atom. The van der Waals surface area contributed by atoms with E-state index >= 15 is 0 Å². The lowest BCUT2D eigenvalue weighted by molar-refractivity contribution is 0.162. The fourth-order valence-corrected chi connectivity index (χ4v) is 2.63. The van der Waals surface area contributed by atoms with Gasteiger partial charge in [0.25, 0.3) is 0 Å². The number of fused-ring (bicyclic) bond motifs is 1. The molecule has 2 aromatic carbocycles. The molecule has 0 saturated carbocycles. The molecule has 2 rings (SSSR count). The van der Waals surface area contributed by atoms with Gasteiger partial charge in [0.15, 0.2) is 0 Å². The molecule has 1 unspecified atom stereocenters. The van der Waals surface area contributed by atoms with Crippen molar-refractivity contribution in [3.63, 3.8) is 0 Å². The third kappa shape index (κ3) is 4.06. The minimum Gasteiger partial charge on any atom is -0.383 e. The molecule has 0 heterocycles. The molecule has 108 valence electrons. The molecular formula is C18H25NO. The van der Waals surface area contributed by atoms with Crippen LogP contribution in [0.25, 0.3) is 10.8 Å². The van der Waals surface area contributed by atoms with Crippen molar-refractivity contribution in [3.8, 4) is 0 Å². The molecule has 0 saturated heterocycles. The van der Waals surface area contributed by atoms with E-state index in [2.05, 4.69) is 54.7 Å². The van der Waals surface area contributed by atoms with Crippen LogP contribution in [-0.4, -0.2) is 26.3 Å². The smallest absolute Gasteiger partial charge is 0.0615 e. The first-order chi connectivity index (χ1) is 9.85. The topological polar surface area (TPSA) is 21.3 Å². The summed E-state index contributed by atoms with van der Waals surface area (Å²) in [4.78, 5) is 0. The zero-order chi connectivity index (χ0) is 14.2. The zero-order valence-electron chi connectivity index (χ0n) is 12.6. The van der Waals surface area contributed by atoms with Crippen LogP contribution in [0.1, 0.15) is 25.3 Å². The second-order valence-electron chi connectivity index (χ2n) is 5.28. The summed E-state index contributed by atoms with van der Waals surface area (Å²) in [5, 5.41) is 6.27. The molecule has 0 spiro atoms. The molecule has 0 bridgehead atoms. The summed E-state index contributed by atoms with van der Waals surface area (Å²) in [5.74, 6) is 0. The van der Waals surface area contributed by atoms with Gasteiger partial charge in [-0.2, -0.15) is 0 Å². The van der Waals surface area contributed by atoms with Crippen molar-refractivity contribution in [2.45, 2.75) is 32.2 Å². The number of hydrogen-bond donors (Lipinski definition) is 1. The summed E-state index contributed by atoms with van der Waals surface area (Å²) in [7, 11) is 1.78. The van der Waals surface area contributed by atoms with Gasteiger partial charge < -0.3 is 10.1 Å². The van der Waals surface area contributed by atoms with Crippen molar-refractivity contribution in [2.75, 3.05) is 20.3 Å². The number of hydrogen-bond acceptors (Lipinski definition) is 2. The van der Waals surface area contributed by atoms with Crippen LogP contribution in [0.15, 0.2) is 42.5 Å². The molecule has 2 heteroatoms. The van der Waals surface area contributed by atoms with Gasteiger partial charge in [-0.25, -0.2) is 0 Å². The van der Waals surface area contributed by atoms with Crippen LogP contribution in [0.3, 0.4) is 0 Å².